The number of hydrogen-bond acceptors (Lipinski definition) is 4. The fourth-order valence-corrected chi connectivity index (χ4v) is 2.21. The number of hydrogen-bond donors (Lipinski definition) is 1. The first kappa shape index (κ1) is 10.8. The van der Waals surface area contributed by atoms with Crippen LogP contribution in [0.4, 0.5) is 0 Å². The smallest absolute Gasteiger partial charge is 0.171 e. The van der Waals surface area contributed by atoms with Crippen molar-refractivity contribution in [1.82, 2.24) is 4.98 Å². The summed E-state index contributed by atoms with van der Waals surface area (Å²) in [6.07, 6.45) is 2.15. The third kappa shape index (κ3) is 2.28. The Morgan fingerprint density at radius 2 is 2.19 bits per heavy atom. The van der Waals surface area contributed by atoms with Crippen LogP contribution in [0.3, 0.4) is 0 Å². The molecule has 0 atom stereocenters. The topological polar surface area (TPSA) is 50.2 Å². The molecule has 82 valence electrons. The number of ketones is 1. The summed E-state index contributed by atoms with van der Waals surface area (Å²) in [6.45, 7) is 1.53. The fourth-order valence-electron chi connectivity index (χ4n) is 1.38. The number of nitrogens with zero attached hydrogens (tertiary/aromatic N) is 1. The van der Waals surface area contributed by atoms with Gasteiger partial charge in [0.25, 0.3) is 0 Å². The fraction of sp³-hybridized carbons (Fsp3) is 0.167. The van der Waals surface area contributed by atoms with Crippen LogP contribution in [-0.2, 0) is 6.42 Å². The van der Waals surface area contributed by atoms with E-state index in [0.717, 1.165) is 10.6 Å². The minimum atomic E-state index is 0.0287. The maximum absolute atomic E-state index is 11.1. The van der Waals surface area contributed by atoms with Gasteiger partial charge in [0.2, 0.25) is 0 Å². The van der Waals surface area contributed by atoms with Crippen molar-refractivity contribution in [2.24, 2.45) is 0 Å². The van der Waals surface area contributed by atoms with Crippen LogP contribution in [0.5, 0.6) is 5.75 Å². The van der Waals surface area contributed by atoms with Crippen molar-refractivity contribution in [2.45, 2.75) is 13.3 Å². The molecule has 4 heteroatoms. The van der Waals surface area contributed by atoms with Crippen LogP contribution in [0.25, 0.3) is 0 Å². The van der Waals surface area contributed by atoms with E-state index >= 15 is 0 Å². The van der Waals surface area contributed by atoms with Gasteiger partial charge in [0.15, 0.2) is 5.78 Å². The molecule has 0 spiro atoms. The summed E-state index contributed by atoms with van der Waals surface area (Å²) >= 11 is 1.37. The maximum atomic E-state index is 11.1. The van der Waals surface area contributed by atoms with Gasteiger partial charge < -0.3 is 5.11 Å². The number of Topliss-reactive ketones (excluding diaryl/α,β-unsaturated/α-hetero) is 1. The van der Waals surface area contributed by atoms with Crippen molar-refractivity contribution in [1.29, 1.82) is 0 Å². The molecule has 0 saturated heterocycles. The highest BCUT2D eigenvalue weighted by Gasteiger charge is 2.08. The summed E-state index contributed by atoms with van der Waals surface area (Å²) in [4.78, 5) is 15.9. The number of benzene rings is 1. The molecule has 0 bridgehead atoms. The lowest BCUT2D eigenvalue weighted by molar-refractivity contribution is 0.102. The Bertz CT molecular complexity index is 519. The van der Waals surface area contributed by atoms with E-state index in [0.29, 0.717) is 11.3 Å². The minimum Gasteiger partial charge on any atom is -0.508 e. The largest absolute Gasteiger partial charge is 0.508 e. The molecule has 2 rings (SSSR count). The summed E-state index contributed by atoms with van der Waals surface area (Å²) < 4.78 is 0. The number of rotatable bonds is 3. The van der Waals surface area contributed by atoms with Crippen LogP contribution in [0.15, 0.2) is 30.5 Å². The number of phenolic OH excluding ortho intramolecular Hbond substituents is 1. The molecule has 1 aromatic carbocycles. The first-order chi connectivity index (χ1) is 7.66. The van der Waals surface area contributed by atoms with Gasteiger partial charge in [-0.2, -0.15) is 0 Å². The zero-order chi connectivity index (χ0) is 11.5. The molecular formula is C12H11NO2S. The summed E-state index contributed by atoms with van der Waals surface area (Å²) in [6, 6.07) is 7.15. The first-order valence-corrected chi connectivity index (χ1v) is 5.71. The second kappa shape index (κ2) is 4.45. The highest BCUT2D eigenvalue weighted by Crippen LogP contribution is 2.22. The van der Waals surface area contributed by atoms with Crippen molar-refractivity contribution < 1.29 is 9.90 Å². The van der Waals surface area contributed by atoms with Crippen LogP contribution < -0.4 is 0 Å². The van der Waals surface area contributed by atoms with Crippen LogP contribution in [0, 0.1) is 0 Å². The maximum Gasteiger partial charge on any atom is 0.171 e. The molecule has 0 amide bonds. The van der Waals surface area contributed by atoms with Gasteiger partial charge in [-0.05, 0) is 6.07 Å². The Kier molecular flexibility index (Phi) is 3.01. The molecule has 1 aromatic heterocycles. The van der Waals surface area contributed by atoms with Gasteiger partial charge in [0.1, 0.15) is 5.75 Å². The summed E-state index contributed by atoms with van der Waals surface area (Å²) in [5.41, 5.74) is 0.826. The van der Waals surface area contributed by atoms with Crippen LogP contribution >= 0.6 is 11.3 Å². The molecule has 0 aliphatic carbocycles. The lowest BCUT2D eigenvalue weighted by atomic mass is 10.1. The average Bonchev–Trinajstić information content (AvgIpc) is 2.70. The third-order valence-corrected chi connectivity index (χ3v) is 3.33. The molecule has 0 radical (unpaired) electrons. The number of aromatic nitrogens is 1. The molecule has 0 fully saturated rings. The molecule has 1 heterocycles. The van der Waals surface area contributed by atoms with Gasteiger partial charge >= 0.3 is 0 Å². The van der Waals surface area contributed by atoms with Crippen molar-refractivity contribution in [3.05, 3.63) is 45.9 Å². The molecule has 1 N–H and O–H groups in total. The summed E-state index contributed by atoms with van der Waals surface area (Å²) in [5, 5.41) is 10.4. The zero-order valence-corrected chi connectivity index (χ0v) is 9.62. The first-order valence-electron chi connectivity index (χ1n) is 4.89. The van der Waals surface area contributed by atoms with Crippen LogP contribution in [0.1, 0.15) is 27.2 Å². The van der Waals surface area contributed by atoms with Gasteiger partial charge in [-0.25, -0.2) is 4.98 Å². The minimum absolute atomic E-state index is 0.0287. The Morgan fingerprint density at radius 1 is 1.44 bits per heavy atom. The van der Waals surface area contributed by atoms with E-state index in [-0.39, 0.29) is 11.5 Å². The highest BCUT2D eigenvalue weighted by atomic mass is 32.1. The Hall–Kier alpha value is -1.68. The van der Waals surface area contributed by atoms with Crippen molar-refractivity contribution in [3.63, 3.8) is 0 Å². The predicted molar refractivity (Wildman–Crippen MR) is 63.0 cm³/mol. The molecule has 0 aliphatic rings. The molecule has 3 nitrogen and oxygen atoms in total. The summed E-state index contributed by atoms with van der Waals surface area (Å²) in [5.74, 6) is 0.295. The second-order valence-electron chi connectivity index (χ2n) is 3.48. The number of aromatic hydroxyl groups is 1. The Labute approximate surface area is 97.4 Å². The van der Waals surface area contributed by atoms with E-state index in [1.807, 2.05) is 12.1 Å². The van der Waals surface area contributed by atoms with E-state index in [9.17, 15) is 9.90 Å². The van der Waals surface area contributed by atoms with E-state index in [2.05, 4.69) is 4.98 Å². The average molecular weight is 233 g/mol. The number of phenols is 1. The standard InChI is InChI=1S/C12H11NO2S/c1-8(14)11-7-13-12(16-11)6-9-4-2-3-5-10(9)15/h2-5,7,15H,6H2,1H3. The molecule has 2 aromatic rings. The molecule has 16 heavy (non-hydrogen) atoms. The number of carbonyl (C=O) groups is 1. The van der Waals surface area contributed by atoms with Gasteiger partial charge in [-0.3, -0.25) is 4.79 Å². The van der Waals surface area contributed by atoms with Crippen LogP contribution in [-0.4, -0.2) is 15.9 Å². The second-order valence-corrected chi connectivity index (χ2v) is 4.60. The van der Waals surface area contributed by atoms with E-state index in [4.69, 9.17) is 0 Å². The third-order valence-electron chi connectivity index (χ3n) is 2.23. The highest BCUT2D eigenvalue weighted by molar-refractivity contribution is 7.13. The normalized spacial score (nSPS) is 10.3. The van der Waals surface area contributed by atoms with Gasteiger partial charge in [0.05, 0.1) is 9.88 Å². The van der Waals surface area contributed by atoms with Gasteiger partial charge in [-0.15, -0.1) is 11.3 Å². The zero-order valence-electron chi connectivity index (χ0n) is 8.80. The lowest BCUT2D eigenvalue weighted by Gasteiger charge is -2.00. The SMILES string of the molecule is CC(=O)c1cnc(Cc2ccccc2O)s1. The van der Waals surface area contributed by atoms with Gasteiger partial charge in [-0.1, -0.05) is 18.2 Å². The van der Waals surface area contributed by atoms with Crippen molar-refractivity contribution in [3.8, 4) is 5.75 Å². The monoisotopic (exact) mass is 233 g/mol. The van der Waals surface area contributed by atoms with E-state index in [1.165, 1.54) is 18.3 Å². The van der Waals surface area contributed by atoms with Crippen molar-refractivity contribution >= 4 is 17.1 Å². The Balaban J connectivity index is 2.21. The summed E-state index contributed by atoms with van der Waals surface area (Å²) in [7, 11) is 0. The van der Waals surface area contributed by atoms with E-state index in [1.54, 1.807) is 18.3 Å². The molecular weight excluding hydrogens is 222 g/mol. The lowest BCUT2D eigenvalue weighted by Crippen LogP contribution is -1.86. The quantitative estimate of drug-likeness (QED) is 0.829. The predicted octanol–water partition coefficient (Wildman–Crippen LogP) is 2.64. The molecule has 0 unspecified atom stereocenters. The van der Waals surface area contributed by atoms with Gasteiger partial charge in [0, 0.05) is 25.1 Å². The number of para-hydroxylation sites is 1. The Morgan fingerprint density at radius 3 is 2.81 bits per heavy atom. The molecule has 0 aliphatic heterocycles. The van der Waals surface area contributed by atoms with Crippen molar-refractivity contribution in [2.75, 3.05) is 0 Å². The van der Waals surface area contributed by atoms with Crippen LogP contribution in [0.2, 0.25) is 0 Å². The van der Waals surface area contributed by atoms with E-state index < -0.39 is 0 Å². The molecule has 0 saturated carbocycles. The number of carbonyl (C=O) groups excluding carboxylic acids is 1. The number of thiazole rings is 1.